The van der Waals surface area contributed by atoms with Crippen LogP contribution < -0.4 is 10.3 Å². The van der Waals surface area contributed by atoms with E-state index in [4.69, 9.17) is 4.74 Å². The Kier molecular flexibility index (Phi) is 3.95. The van der Waals surface area contributed by atoms with Gasteiger partial charge in [-0.3, -0.25) is 4.79 Å². The van der Waals surface area contributed by atoms with Gasteiger partial charge in [0.1, 0.15) is 12.1 Å². The van der Waals surface area contributed by atoms with Gasteiger partial charge >= 0.3 is 12.3 Å². The number of carbonyl (C=O) groups is 1. The summed E-state index contributed by atoms with van der Waals surface area (Å²) in [5.74, 6) is -1.22. The number of hydrogen-bond acceptors (Lipinski definition) is 6. The Hall–Kier alpha value is -3.63. The number of rotatable bonds is 3. The van der Waals surface area contributed by atoms with Crippen LogP contribution in [0.5, 0.6) is 5.75 Å². The van der Waals surface area contributed by atoms with Crippen molar-refractivity contribution in [1.82, 2.24) is 19.4 Å². The average molecular weight is 392 g/mol. The standard InChI is InChI=1S/C17H11F3N4O4/c1-2-27-16(26)13-14-23-12-9-5-8(28-17(18,19)20)3-4-11(9)21-6-10(12)15(25)24(14)7-22-13/h3-7,21H,2H2,1H3. The van der Waals surface area contributed by atoms with Crippen LogP contribution in [0.4, 0.5) is 13.2 Å². The van der Waals surface area contributed by atoms with E-state index in [-0.39, 0.29) is 34.2 Å². The molecule has 0 spiro atoms. The topological polar surface area (TPSA) is 98.6 Å². The number of H-pyrrole nitrogens is 1. The fourth-order valence-electron chi connectivity index (χ4n) is 2.87. The molecule has 4 aromatic rings. The Bertz CT molecular complexity index is 1290. The molecule has 0 radical (unpaired) electrons. The van der Waals surface area contributed by atoms with Crippen molar-refractivity contribution in [1.29, 1.82) is 0 Å². The number of ether oxygens (including phenoxy) is 2. The Balaban J connectivity index is 2.02. The Labute approximate surface area is 153 Å². The normalized spacial score (nSPS) is 12.0. The van der Waals surface area contributed by atoms with E-state index in [1.54, 1.807) is 6.92 Å². The van der Waals surface area contributed by atoms with Gasteiger partial charge in [-0.05, 0) is 25.1 Å². The van der Waals surface area contributed by atoms with Crippen LogP contribution in [0, 0.1) is 0 Å². The number of fused-ring (bicyclic) bond motifs is 4. The van der Waals surface area contributed by atoms with E-state index in [9.17, 15) is 22.8 Å². The highest BCUT2D eigenvalue weighted by Gasteiger charge is 2.31. The molecule has 4 rings (SSSR count). The van der Waals surface area contributed by atoms with E-state index in [1.807, 2.05) is 0 Å². The first-order valence-electron chi connectivity index (χ1n) is 8.03. The highest BCUT2D eigenvalue weighted by atomic mass is 19.4. The lowest BCUT2D eigenvalue weighted by Crippen LogP contribution is -2.17. The molecule has 144 valence electrons. The van der Waals surface area contributed by atoms with Crippen molar-refractivity contribution in [3.63, 3.8) is 0 Å². The van der Waals surface area contributed by atoms with Crippen molar-refractivity contribution < 1.29 is 27.4 Å². The van der Waals surface area contributed by atoms with Crippen LogP contribution in [-0.2, 0) is 4.74 Å². The molecule has 0 unspecified atom stereocenters. The first kappa shape index (κ1) is 17.8. The minimum absolute atomic E-state index is 0.0504. The molecule has 3 aromatic heterocycles. The van der Waals surface area contributed by atoms with Crippen LogP contribution in [0.2, 0.25) is 0 Å². The molecule has 0 aliphatic rings. The third-order valence-electron chi connectivity index (χ3n) is 3.98. The molecule has 1 N–H and O–H groups in total. The number of nitrogens with zero attached hydrogens (tertiary/aromatic N) is 3. The molecular formula is C17H11F3N4O4. The second kappa shape index (κ2) is 6.22. The molecule has 3 heterocycles. The fraction of sp³-hybridized carbons (Fsp3) is 0.176. The summed E-state index contributed by atoms with van der Waals surface area (Å²) in [6.07, 6.45) is -2.33. The van der Waals surface area contributed by atoms with Crippen LogP contribution in [0.15, 0.2) is 35.5 Å². The second-order valence-electron chi connectivity index (χ2n) is 5.73. The van der Waals surface area contributed by atoms with Crippen LogP contribution in [0.3, 0.4) is 0 Å². The van der Waals surface area contributed by atoms with Gasteiger partial charge in [0.15, 0.2) is 11.3 Å². The first-order chi connectivity index (χ1) is 13.3. The number of aromatic nitrogens is 4. The van der Waals surface area contributed by atoms with Gasteiger partial charge in [-0.25, -0.2) is 19.2 Å². The summed E-state index contributed by atoms with van der Waals surface area (Å²) in [7, 11) is 0. The highest BCUT2D eigenvalue weighted by Crippen LogP contribution is 2.29. The first-order valence-corrected chi connectivity index (χ1v) is 8.03. The van der Waals surface area contributed by atoms with E-state index in [2.05, 4.69) is 19.7 Å². The molecule has 8 nitrogen and oxygen atoms in total. The molecule has 0 fully saturated rings. The predicted octanol–water partition coefficient (Wildman–Crippen LogP) is 2.80. The maximum absolute atomic E-state index is 12.7. The zero-order valence-corrected chi connectivity index (χ0v) is 14.2. The number of esters is 1. The fourth-order valence-corrected chi connectivity index (χ4v) is 2.87. The summed E-state index contributed by atoms with van der Waals surface area (Å²) in [4.78, 5) is 35.8. The summed E-state index contributed by atoms with van der Waals surface area (Å²) in [6, 6.07) is 3.62. The van der Waals surface area contributed by atoms with Crippen molar-refractivity contribution in [2.24, 2.45) is 0 Å². The summed E-state index contributed by atoms with van der Waals surface area (Å²) >= 11 is 0. The Morgan fingerprint density at radius 1 is 1.29 bits per heavy atom. The molecule has 0 atom stereocenters. The maximum atomic E-state index is 12.7. The Morgan fingerprint density at radius 2 is 2.07 bits per heavy atom. The average Bonchev–Trinajstić information content (AvgIpc) is 3.05. The van der Waals surface area contributed by atoms with Gasteiger partial charge in [-0.15, -0.1) is 13.2 Å². The number of nitrogens with one attached hydrogen (secondary N) is 1. The van der Waals surface area contributed by atoms with Gasteiger partial charge in [0.25, 0.3) is 5.56 Å². The van der Waals surface area contributed by atoms with Gasteiger partial charge in [-0.2, -0.15) is 0 Å². The number of benzene rings is 1. The van der Waals surface area contributed by atoms with Crippen molar-refractivity contribution in [2.75, 3.05) is 6.61 Å². The highest BCUT2D eigenvalue weighted by molar-refractivity contribution is 6.04. The number of alkyl halides is 3. The maximum Gasteiger partial charge on any atom is 0.573 e. The van der Waals surface area contributed by atoms with Crippen molar-refractivity contribution in [3.8, 4) is 5.75 Å². The van der Waals surface area contributed by atoms with Gasteiger partial charge in [0, 0.05) is 17.1 Å². The number of carbonyl (C=O) groups excluding carboxylic acids is 1. The van der Waals surface area contributed by atoms with Crippen molar-refractivity contribution in [3.05, 3.63) is 46.8 Å². The Morgan fingerprint density at radius 3 is 2.79 bits per heavy atom. The third-order valence-corrected chi connectivity index (χ3v) is 3.98. The van der Waals surface area contributed by atoms with Gasteiger partial charge in [0.2, 0.25) is 0 Å². The van der Waals surface area contributed by atoms with E-state index in [0.717, 1.165) is 22.9 Å². The molecule has 1 aromatic carbocycles. The second-order valence-corrected chi connectivity index (χ2v) is 5.73. The zero-order valence-electron chi connectivity index (χ0n) is 14.2. The van der Waals surface area contributed by atoms with E-state index in [1.165, 1.54) is 12.3 Å². The van der Waals surface area contributed by atoms with Crippen molar-refractivity contribution >= 4 is 33.4 Å². The van der Waals surface area contributed by atoms with Gasteiger partial charge in [-0.1, -0.05) is 0 Å². The number of aromatic amines is 1. The zero-order chi connectivity index (χ0) is 20.1. The molecule has 0 saturated carbocycles. The van der Waals surface area contributed by atoms with Crippen LogP contribution >= 0.6 is 0 Å². The smallest absolute Gasteiger partial charge is 0.461 e. The number of pyridine rings is 1. The van der Waals surface area contributed by atoms with E-state index >= 15 is 0 Å². The predicted molar refractivity (Wildman–Crippen MR) is 91.3 cm³/mol. The third kappa shape index (κ3) is 2.90. The van der Waals surface area contributed by atoms with Crippen LogP contribution in [0.1, 0.15) is 17.4 Å². The van der Waals surface area contributed by atoms with E-state index in [0.29, 0.717) is 5.52 Å². The van der Waals surface area contributed by atoms with E-state index < -0.39 is 23.6 Å². The summed E-state index contributed by atoms with van der Waals surface area (Å²) in [6.45, 7) is 1.72. The quantitative estimate of drug-likeness (QED) is 0.425. The summed E-state index contributed by atoms with van der Waals surface area (Å²) in [5, 5.41) is 0.326. The molecular weight excluding hydrogens is 381 g/mol. The summed E-state index contributed by atoms with van der Waals surface area (Å²) < 4.78 is 47.5. The van der Waals surface area contributed by atoms with Crippen LogP contribution in [0.25, 0.3) is 27.5 Å². The molecule has 0 bridgehead atoms. The number of halogens is 3. The largest absolute Gasteiger partial charge is 0.573 e. The molecule has 0 saturated heterocycles. The van der Waals surface area contributed by atoms with Crippen molar-refractivity contribution in [2.45, 2.75) is 13.3 Å². The lowest BCUT2D eigenvalue weighted by Gasteiger charge is -2.10. The van der Waals surface area contributed by atoms with Gasteiger partial charge < -0.3 is 14.5 Å². The van der Waals surface area contributed by atoms with Crippen LogP contribution in [-0.4, -0.2) is 38.3 Å². The molecule has 0 aliphatic heterocycles. The number of imidazole rings is 1. The van der Waals surface area contributed by atoms with Gasteiger partial charge in [0.05, 0.1) is 17.5 Å². The minimum Gasteiger partial charge on any atom is -0.461 e. The monoisotopic (exact) mass is 392 g/mol. The molecule has 0 amide bonds. The summed E-state index contributed by atoms with van der Waals surface area (Å²) in [5.41, 5.74) is -0.223. The minimum atomic E-state index is -4.87. The molecule has 0 aliphatic carbocycles. The molecule has 11 heteroatoms. The lowest BCUT2D eigenvalue weighted by molar-refractivity contribution is -0.274. The lowest BCUT2D eigenvalue weighted by atomic mass is 10.1. The number of hydrogen-bond donors (Lipinski definition) is 1. The SMILES string of the molecule is CCOC(=O)c1ncn2c(=O)c3c[nH]c4ccc(OC(F)(F)F)cc4c3nc12. The molecule has 28 heavy (non-hydrogen) atoms.